The van der Waals surface area contributed by atoms with E-state index in [0.717, 1.165) is 10.8 Å². The Morgan fingerprint density at radius 2 is 2.05 bits per heavy atom. The molecule has 1 aromatic heterocycles. The van der Waals surface area contributed by atoms with Crippen LogP contribution in [0.25, 0.3) is 0 Å². The minimum Gasteiger partial charge on any atom is -0.493 e. The zero-order chi connectivity index (χ0) is 16.1. The summed E-state index contributed by atoms with van der Waals surface area (Å²) in [6.07, 6.45) is 0.669. The monoisotopic (exact) mass is 319 g/mol. The molecule has 0 aliphatic carbocycles. The molecule has 0 spiro atoms. The molecule has 2 rings (SSSR count). The Labute approximate surface area is 134 Å². The molecule has 6 heteroatoms. The van der Waals surface area contributed by atoms with Crippen LogP contribution in [0.15, 0.2) is 18.2 Å². The van der Waals surface area contributed by atoms with Gasteiger partial charge in [0.25, 0.3) is 0 Å². The van der Waals surface area contributed by atoms with Gasteiger partial charge in [-0.3, -0.25) is 4.79 Å². The summed E-state index contributed by atoms with van der Waals surface area (Å²) in [5.74, 6) is 0.746. The number of carbonyl (C=O) groups is 1. The second-order valence-electron chi connectivity index (χ2n) is 5.49. The molecule has 0 radical (unpaired) electrons. The molecule has 0 fully saturated rings. The predicted molar refractivity (Wildman–Crippen MR) is 88.5 cm³/mol. The molecule has 0 atom stereocenters. The lowest BCUT2D eigenvalue weighted by molar-refractivity contribution is -0.118. The maximum atomic E-state index is 11.6. The van der Waals surface area contributed by atoms with Crippen molar-refractivity contribution in [1.29, 1.82) is 0 Å². The van der Waals surface area contributed by atoms with Crippen LogP contribution in [0.1, 0.15) is 30.0 Å². The van der Waals surface area contributed by atoms with E-state index < -0.39 is 0 Å². The Morgan fingerprint density at radius 3 is 2.73 bits per heavy atom. The van der Waals surface area contributed by atoms with E-state index in [1.54, 1.807) is 0 Å². The van der Waals surface area contributed by atoms with Gasteiger partial charge >= 0.3 is 0 Å². The number of amides is 1. The van der Waals surface area contributed by atoms with Crippen LogP contribution in [0.3, 0.4) is 0 Å². The van der Waals surface area contributed by atoms with Gasteiger partial charge < -0.3 is 10.1 Å². The Kier molecular flexibility index (Phi) is 5.49. The van der Waals surface area contributed by atoms with E-state index in [1.807, 2.05) is 26.0 Å². The second-order valence-corrected chi connectivity index (χ2v) is 6.55. The standard InChI is InChI=1S/C16H21N3O2S/c1-10(2)15(20)17-16-19-18-14(22-16)7-8-21-13-6-5-11(3)12(4)9-13/h5-6,9-10H,7-8H2,1-4H3,(H,17,19,20). The highest BCUT2D eigenvalue weighted by atomic mass is 32.1. The zero-order valence-corrected chi connectivity index (χ0v) is 14.2. The number of nitrogens with one attached hydrogen (secondary N) is 1. The number of rotatable bonds is 6. The molecule has 118 valence electrons. The van der Waals surface area contributed by atoms with Gasteiger partial charge in [-0.15, -0.1) is 10.2 Å². The van der Waals surface area contributed by atoms with Crippen LogP contribution < -0.4 is 10.1 Å². The van der Waals surface area contributed by atoms with E-state index in [-0.39, 0.29) is 11.8 Å². The smallest absolute Gasteiger partial charge is 0.228 e. The van der Waals surface area contributed by atoms with Crippen molar-refractivity contribution in [3.8, 4) is 5.75 Å². The van der Waals surface area contributed by atoms with E-state index in [0.29, 0.717) is 18.2 Å². The molecule has 1 aromatic carbocycles. The lowest BCUT2D eigenvalue weighted by Crippen LogP contribution is -2.17. The molecule has 1 N–H and O–H groups in total. The lowest BCUT2D eigenvalue weighted by atomic mass is 10.1. The summed E-state index contributed by atoms with van der Waals surface area (Å²) in [4.78, 5) is 11.6. The number of hydrogen-bond acceptors (Lipinski definition) is 5. The molecule has 0 unspecified atom stereocenters. The summed E-state index contributed by atoms with van der Waals surface area (Å²) >= 11 is 1.39. The Morgan fingerprint density at radius 1 is 1.27 bits per heavy atom. The van der Waals surface area contributed by atoms with Crippen LogP contribution >= 0.6 is 11.3 Å². The maximum absolute atomic E-state index is 11.6. The van der Waals surface area contributed by atoms with Crippen LogP contribution in [0.5, 0.6) is 5.75 Å². The summed E-state index contributed by atoms with van der Waals surface area (Å²) in [5.41, 5.74) is 2.47. The van der Waals surface area contributed by atoms with Gasteiger partial charge in [0.15, 0.2) is 0 Å². The van der Waals surface area contributed by atoms with E-state index in [2.05, 4.69) is 35.4 Å². The second kappa shape index (κ2) is 7.35. The van der Waals surface area contributed by atoms with Gasteiger partial charge in [-0.2, -0.15) is 0 Å². The molecule has 1 amide bonds. The molecular formula is C16H21N3O2S. The number of anilines is 1. The highest BCUT2D eigenvalue weighted by Crippen LogP contribution is 2.19. The molecule has 2 aromatic rings. The van der Waals surface area contributed by atoms with Crippen LogP contribution in [0, 0.1) is 19.8 Å². The van der Waals surface area contributed by atoms with E-state index in [9.17, 15) is 4.79 Å². The minimum absolute atomic E-state index is 0.0471. The normalized spacial score (nSPS) is 10.8. The Bertz CT molecular complexity index is 653. The number of hydrogen-bond donors (Lipinski definition) is 1. The fraction of sp³-hybridized carbons (Fsp3) is 0.438. The number of nitrogens with zero attached hydrogens (tertiary/aromatic N) is 2. The van der Waals surface area contributed by atoms with Crippen molar-refractivity contribution in [2.45, 2.75) is 34.1 Å². The topological polar surface area (TPSA) is 64.1 Å². The highest BCUT2D eigenvalue weighted by Gasteiger charge is 2.11. The first-order valence-electron chi connectivity index (χ1n) is 7.29. The predicted octanol–water partition coefficient (Wildman–Crippen LogP) is 3.37. The van der Waals surface area contributed by atoms with Gasteiger partial charge in [0.2, 0.25) is 11.0 Å². The summed E-state index contributed by atoms with van der Waals surface area (Å²) in [5, 5.41) is 12.2. The Balaban J connectivity index is 1.83. The summed E-state index contributed by atoms with van der Waals surface area (Å²) < 4.78 is 5.73. The molecule has 5 nitrogen and oxygen atoms in total. The molecule has 0 saturated heterocycles. The molecule has 0 aliphatic heterocycles. The summed E-state index contributed by atoms with van der Waals surface area (Å²) in [6, 6.07) is 6.05. The molecule has 1 heterocycles. The van der Waals surface area contributed by atoms with Gasteiger partial charge in [-0.1, -0.05) is 31.3 Å². The van der Waals surface area contributed by atoms with Crippen molar-refractivity contribution in [3.63, 3.8) is 0 Å². The van der Waals surface area contributed by atoms with Crippen molar-refractivity contribution in [2.75, 3.05) is 11.9 Å². The van der Waals surface area contributed by atoms with Crippen LogP contribution in [-0.4, -0.2) is 22.7 Å². The molecule has 22 heavy (non-hydrogen) atoms. The summed E-state index contributed by atoms with van der Waals surface area (Å²) in [7, 11) is 0. The largest absolute Gasteiger partial charge is 0.493 e. The molecule has 0 saturated carbocycles. The minimum atomic E-state index is -0.0690. The number of aryl methyl sites for hydroxylation is 2. The third-order valence-electron chi connectivity index (χ3n) is 3.28. The van der Waals surface area contributed by atoms with Gasteiger partial charge in [-0.25, -0.2) is 0 Å². The fourth-order valence-electron chi connectivity index (χ4n) is 1.71. The SMILES string of the molecule is Cc1ccc(OCCc2nnc(NC(=O)C(C)C)s2)cc1C. The molecule has 0 aliphatic rings. The van der Waals surface area contributed by atoms with Gasteiger partial charge in [0.05, 0.1) is 6.61 Å². The third kappa shape index (κ3) is 4.53. The first-order chi connectivity index (χ1) is 10.5. The highest BCUT2D eigenvalue weighted by molar-refractivity contribution is 7.15. The van der Waals surface area contributed by atoms with Crippen LogP contribution in [-0.2, 0) is 11.2 Å². The molecule has 0 bridgehead atoms. The van der Waals surface area contributed by atoms with Crippen molar-refractivity contribution in [1.82, 2.24) is 10.2 Å². The Hall–Kier alpha value is -1.95. The average molecular weight is 319 g/mol. The van der Waals surface area contributed by atoms with Crippen molar-refractivity contribution < 1.29 is 9.53 Å². The number of benzene rings is 1. The molecular weight excluding hydrogens is 298 g/mol. The van der Waals surface area contributed by atoms with E-state index in [1.165, 1.54) is 22.5 Å². The van der Waals surface area contributed by atoms with E-state index >= 15 is 0 Å². The first kappa shape index (κ1) is 16.4. The van der Waals surface area contributed by atoms with Crippen molar-refractivity contribution in [2.24, 2.45) is 5.92 Å². The van der Waals surface area contributed by atoms with E-state index in [4.69, 9.17) is 4.74 Å². The van der Waals surface area contributed by atoms with Crippen molar-refractivity contribution in [3.05, 3.63) is 34.3 Å². The lowest BCUT2D eigenvalue weighted by Gasteiger charge is -2.07. The zero-order valence-electron chi connectivity index (χ0n) is 13.3. The van der Waals surface area contributed by atoms with Gasteiger partial charge in [0.1, 0.15) is 10.8 Å². The average Bonchev–Trinajstić information content (AvgIpc) is 2.90. The van der Waals surface area contributed by atoms with Gasteiger partial charge in [0, 0.05) is 12.3 Å². The van der Waals surface area contributed by atoms with Gasteiger partial charge in [-0.05, 0) is 37.1 Å². The number of carbonyl (C=O) groups excluding carboxylic acids is 1. The maximum Gasteiger partial charge on any atom is 0.228 e. The third-order valence-corrected chi connectivity index (χ3v) is 4.18. The first-order valence-corrected chi connectivity index (χ1v) is 8.10. The van der Waals surface area contributed by atoms with Crippen LogP contribution in [0.4, 0.5) is 5.13 Å². The number of ether oxygens (including phenoxy) is 1. The van der Waals surface area contributed by atoms with Crippen molar-refractivity contribution >= 4 is 22.4 Å². The van der Waals surface area contributed by atoms with Crippen LogP contribution in [0.2, 0.25) is 0 Å². The fourth-order valence-corrected chi connectivity index (χ4v) is 2.44. The number of aromatic nitrogens is 2. The summed E-state index contributed by atoms with van der Waals surface area (Å²) in [6.45, 7) is 8.36. The quantitative estimate of drug-likeness (QED) is 0.886.